The van der Waals surface area contributed by atoms with E-state index >= 15 is 0 Å². The Balaban J connectivity index is 2.22. The molecule has 0 spiro atoms. The van der Waals surface area contributed by atoms with E-state index < -0.39 is 0 Å². The number of ketones is 1. The lowest BCUT2D eigenvalue weighted by Crippen LogP contribution is -2.25. The molecule has 0 aliphatic heterocycles. The number of hydrogen-bond acceptors (Lipinski definition) is 4. The van der Waals surface area contributed by atoms with E-state index in [4.69, 9.17) is 5.26 Å². The molecule has 0 aliphatic rings. The van der Waals surface area contributed by atoms with Crippen LogP contribution in [0, 0.1) is 11.3 Å². The van der Waals surface area contributed by atoms with Crippen LogP contribution in [0.2, 0.25) is 0 Å². The second-order valence-electron chi connectivity index (χ2n) is 3.85. The maximum atomic E-state index is 11.7. The van der Waals surface area contributed by atoms with E-state index in [0.29, 0.717) is 12.8 Å². The Morgan fingerprint density at radius 2 is 2.35 bits per heavy atom. The van der Waals surface area contributed by atoms with Gasteiger partial charge < -0.3 is 4.90 Å². The van der Waals surface area contributed by atoms with Crippen LogP contribution in [0.4, 0.5) is 0 Å². The van der Waals surface area contributed by atoms with E-state index in [0.717, 1.165) is 30.9 Å². The molecule has 0 saturated carbocycles. The topological polar surface area (TPSA) is 44.1 Å². The van der Waals surface area contributed by atoms with E-state index in [1.807, 2.05) is 17.5 Å². The van der Waals surface area contributed by atoms with Gasteiger partial charge in [0.05, 0.1) is 10.9 Å². The third-order valence-electron chi connectivity index (χ3n) is 2.66. The highest BCUT2D eigenvalue weighted by Gasteiger charge is 2.08. The van der Waals surface area contributed by atoms with Gasteiger partial charge in [0.15, 0.2) is 5.78 Å². The number of nitrogens with zero attached hydrogens (tertiary/aromatic N) is 2. The van der Waals surface area contributed by atoms with Crippen LogP contribution in [-0.4, -0.2) is 30.3 Å². The molecular formula is C13H18N2OS. The molecule has 4 heteroatoms. The van der Waals surface area contributed by atoms with Gasteiger partial charge in [-0.1, -0.05) is 13.0 Å². The summed E-state index contributed by atoms with van der Waals surface area (Å²) in [4.78, 5) is 14.8. The zero-order valence-corrected chi connectivity index (χ0v) is 11.0. The predicted octanol–water partition coefficient (Wildman–Crippen LogP) is 2.95. The van der Waals surface area contributed by atoms with Crippen LogP contribution >= 0.6 is 11.3 Å². The summed E-state index contributed by atoms with van der Waals surface area (Å²) in [7, 11) is 0. The molecule has 3 nitrogen and oxygen atoms in total. The minimum Gasteiger partial charge on any atom is -0.303 e. The Kier molecular flexibility index (Phi) is 6.53. The van der Waals surface area contributed by atoms with Gasteiger partial charge in [-0.05, 0) is 31.0 Å². The smallest absolute Gasteiger partial charge is 0.172 e. The molecule has 1 aromatic rings. The maximum Gasteiger partial charge on any atom is 0.172 e. The molecule has 92 valence electrons. The number of carbonyl (C=O) groups excluding carboxylic acids is 1. The van der Waals surface area contributed by atoms with E-state index in [1.165, 1.54) is 11.3 Å². The molecule has 0 aromatic carbocycles. The summed E-state index contributed by atoms with van der Waals surface area (Å²) in [6, 6.07) is 5.93. The van der Waals surface area contributed by atoms with Gasteiger partial charge in [-0.25, -0.2) is 0 Å². The largest absolute Gasteiger partial charge is 0.303 e. The summed E-state index contributed by atoms with van der Waals surface area (Å²) in [6.45, 7) is 4.73. The molecule has 0 aliphatic carbocycles. The van der Waals surface area contributed by atoms with E-state index in [1.54, 1.807) is 0 Å². The van der Waals surface area contributed by atoms with Crippen LogP contribution in [0.25, 0.3) is 0 Å². The van der Waals surface area contributed by atoms with Crippen LogP contribution in [0.15, 0.2) is 17.5 Å². The highest BCUT2D eigenvalue weighted by molar-refractivity contribution is 7.12. The lowest BCUT2D eigenvalue weighted by molar-refractivity contribution is 0.0979. The Labute approximate surface area is 107 Å². The number of nitriles is 1. The monoisotopic (exact) mass is 250 g/mol. The van der Waals surface area contributed by atoms with Crippen molar-refractivity contribution < 1.29 is 4.79 Å². The lowest BCUT2D eigenvalue weighted by Gasteiger charge is -2.18. The fraction of sp³-hybridized carbons (Fsp3) is 0.538. The SMILES string of the molecule is CCN(CCC#N)CCCC(=O)c1cccs1. The highest BCUT2D eigenvalue weighted by atomic mass is 32.1. The molecule has 0 bridgehead atoms. The fourth-order valence-electron chi connectivity index (χ4n) is 1.66. The van der Waals surface area contributed by atoms with Gasteiger partial charge in [0, 0.05) is 19.4 Å². The van der Waals surface area contributed by atoms with Gasteiger partial charge in [-0.15, -0.1) is 11.3 Å². The average Bonchev–Trinajstić information content (AvgIpc) is 2.87. The molecule has 1 rings (SSSR count). The number of Topliss-reactive ketones (excluding diaryl/α,β-unsaturated/α-hetero) is 1. The first-order valence-corrected chi connectivity index (χ1v) is 6.82. The van der Waals surface area contributed by atoms with Crippen LogP contribution < -0.4 is 0 Å². The van der Waals surface area contributed by atoms with Crippen molar-refractivity contribution in [2.45, 2.75) is 26.2 Å². The Bertz CT molecular complexity index is 367. The summed E-state index contributed by atoms with van der Waals surface area (Å²) in [5, 5.41) is 10.4. The Hall–Kier alpha value is -1.18. The maximum absolute atomic E-state index is 11.7. The van der Waals surface area contributed by atoms with Crippen LogP contribution in [0.5, 0.6) is 0 Å². The van der Waals surface area contributed by atoms with Gasteiger partial charge >= 0.3 is 0 Å². The highest BCUT2D eigenvalue weighted by Crippen LogP contribution is 2.12. The standard InChI is InChI=1S/C13H18N2OS/c1-2-15(10-5-8-14)9-3-6-12(16)13-7-4-11-17-13/h4,7,11H,2-3,5-6,9-10H2,1H3. The average molecular weight is 250 g/mol. The summed E-state index contributed by atoms with van der Waals surface area (Å²) >= 11 is 1.50. The third-order valence-corrected chi connectivity index (χ3v) is 3.57. The van der Waals surface area contributed by atoms with Crippen molar-refractivity contribution in [3.63, 3.8) is 0 Å². The van der Waals surface area contributed by atoms with Crippen molar-refractivity contribution >= 4 is 17.1 Å². The Morgan fingerprint density at radius 3 is 2.94 bits per heavy atom. The van der Waals surface area contributed by atoms with Crippen molar-refractivity contribution in [3.05, 3.63) is 22.4 Å². The zero-order chi connectivity index (χ0) is 12.5. The van der Waals surface area contributed by atoms with Gasteiger partial charge in [-0.3, -0.25) is 4.79 Å². The summed E-state index contributed by atoms with van der Waals surface area (Å²) in [5.74, 6) is 0.233. The number of thiophene rings is 1. The lowest BCUT2D eigenvalue weighted by atomic mass is 10.2. The first-order chi connectivity index (χ1) is 8.27. The Morgan fingerprint density at radius 1 is 1.53 bits per heavy atom. The summed E-state index contributed by atoms with van der Waals surface area (Å²) in [6.07, 6.45) is 2.03. The molecule has 0 N–H and O–H groups in total. The predicted molar refractivity (Wildman–Crippen MR) is 70.2 cm³/mol. The molecular weight excluding hydrogens is 232 g/mol. The van der Waals surface area contributed by atoms with Crippen LogP contribution in [-0.2, 0) is 0 Å². The minimum absolute atomic E-state index is 0.233. The molecule has 0 saturated heterocycles. The van der Waals surface area contributed by atoms with Crippen molar-refractivity contribution in [3.8, 4) is 6.07 Å². The first-order valence-electron chi connectivity index (χ1n) is 5.94. The minimum atomic E-state index is 0.233. The van der Waals surface area contributed by atoms with Gasteiger partial charge in [0.25, 0.3) is 0 Å². The molecule has 0 amide bonds. The van der Waals surface area contributed by atoms with Crippen molar-refractivity contribution in [1.82, 2.24) is 4.90 Å². The van der Waals surface area contributed by atoms with Crippen molar-refractivity contribution in [2.75, 3.05) is 19.6 Å². The second-order valence-corrected chi connectivity index (χ2v) is 4.79. The molecule has 1 aromatic heterocycles. The molecule has 1 heterocycles. The van der Waals surface area contributed by atoms with Crippen LogP contribution in [0.3, 0.4) is 0 Å². The number of carbonyl (C=O) groups is 1. The van der Waals surface area contributed by atoms with Gasteiger partial charge in [-0.2, -0.15) is 5.26 Å². The molecule has 0 atom stereocenters. The molecule has 0 fully saturated rings. The van der Waals surface area contributed by atoms with Crippen LogP contribution in [0.1, 0.15) is 35.9 Å². The van der Waals surface area contributed by atoms with Gasteiger partial charge in [0.1, 0.15) is 0 Å². The van der Waals surface area contributed by atoms with E-state index in [2.05, 4.69) is 17.9 Å². The fourth-order valence-corrected chi connectivity index (χ4v) is 2.35. The van der Waals surface area contributed by atoms with E-state index in [9.17, 15) is 4.79 Å². The van der Waals surface area contributed by atoms with Gasteiger partial charge in [0.2, 0.25) is 0 Å². The van der Waals surface area contributed by atoms with Crippen molar-refractivity contribution in [2.24, 2.45) is 0 Å². The number of hydrogen-bond donors (Lipinski definition) is 0. The third kappa shape index (κ3) is 5.12. The van der Waals surface area contributed by atoms with E-state index in [-0.39, 0.29) is 5.78 Å². The second kappa shape index (κ2) is 7.99. The number of rotatable bonds is 8. The molecule has 17 heavy (non-hydrogen) atoms. The first kappa shape index (κ1) is 13.9. The quantitative estimate of drug-likeness (QED) is 0.666. The normalized spacial score (nSPS) is 10.4. The van der Waals surface area contributed by atoms with Crippen molar-refractivity contribution in [1.29, 1.82) is 5.26 Å². The molecule has 0 radical (unpaired) electrons. The summed E-state index contributed by atoms with van der Waals surface area (Å²) in [5.41, 5.74) is 0. The summed E-state index contributed by atoms with van der Waals surface area (Å²) < 4.78 is 0. The zero-order valence-electron chi connectivity index (χ0n) is 10.2. The molecule has 0 unspecified atom stereocenters.